The van der Waals surface area contributed by atoms with E-state index in [0.29, 0.717) is 12.3 Å². The summed E-state index contributed by atoms with van der Waals surface area (Å²) in [7, 11) is 3.22. The maximum atomic E-state index is 13.9. The van der Waals surface area contributed by atoms with Gasteiger partial charge in [-0.2, -0.15) is 0 Å². The third kappa shape index (κ3) is 2.66. The number of methoxy groups -OCH3 is 1. The summed E-state index contributed by atoms with van der Waals surface area (Å²) in [6, 6.07) is 9.76. The fourth-order valence-electron chi connectivity index (χ4n) is 2.11. The molecule has 0 aliphatic rings. The Kier molecular flexibility index (Phi) is 4.08. The largest absolute Gasteiger partial charge is 0.496 e. The summed E-state index contributed by atoms with van der Waals surface area (Å²) in [6.07, 6.45) is 0. The van der Waals surface area contributed by atoms with E-state index in [9.17, 15) is 8.78 Å². The van der Waals surface area contributed by atoms with Crippen LogP contribution in [0.5, 0.6) is 5.75 Å². The van der Waals surface area contributed by atoms with Gasteiger partial charge in [0.2, 0.25) is 0 Å². The van der Waals surface area contributed by atoms with E-state index in [1.54, 1.807) is 19.1 Å². The molecule has 0 aromatic heterocycles. The standard InChI is InChI=1S/C15H16F2N2O/c1-19(9-10-5-3-4-6-13(10)20-2)15-12(18)8-7-11(16)14(15)17/h3-8H,9,18H2,1-2H3. The Balaban J connectivity index is 2.33. The quantitative estimate of drug-likeness (QED) is 0.873. The zero-order valence-electron chi connectivity index (χ0n) is 11.4. The van der Waals surface area contributed by atoms with Crippen molar-refractivity contribution in [1.82, 2.24) is 0 Å². The molecule has 20 heavy (non-hydrogen) atoms. The third-order valence-electron chi connectivity index (χ3n) is 3.08. The van der Waals surface area contributed by atoms with Crippen LogP contribution < -0.4 is 15.4 Å². The van der Waals surface area contributed by atoms with E-state index in [-0.39, 0.29) is 11.4 Å². The third-order valence-corrected chi connectivity index (χ3v) is 3.08. The molecule has 0 unspecified atom stereocenters. The van der Waals surface area contributed by atoms with Crippen molar-refractivity contribution in [3.05, 3.63) is 53.6 Å². The molecule has 0 saturated carbocycles. The second-order valence-electron chi connectivity index (χ2n) is 4.47. The number of rotatable bonds is 4. The van der Waals surface area contributed by atoms with Gasteiger partial charge in [0.25, 0.3) is 0 Å². The number of ether oxygens (including phenoxy) is 1. The molecule has 0 fully saturated rings. The molecule has 5 heteroatoms. The molecule has 0 aliphatic heterocycles. The Morgan fingerprint density at radius 2 is 1.85 bits per heavy atom. The molecule has 2 aromatic carbocycles. The maximum absolute atomic E-state index is 13.9. The Labute approximate surface area is 116 Å². The number of halogens is 2. The minimum Gasteiger partial charge on any atom is -0.496 e. The van der Waals surface area contributed by atoms with Crippen molar-refractivity contribution in [2.45, 2.75) is 6.54 Å². The lowest BCUT2D eigenvalue weighted by molar-refractivity contribution is 0.409. The fourth-order valence-corrected chi connectivity index (χ4v) is 2.11. The van der Waals surface area contributed by atoms with E-state index >= 15 is 0 Å². The Hall–Kier alpha value is -2.30. The van der Waals surface area contributed by atoms with Crippen molar-refractivity contribution in [3.8, 4) is 5.75 Å². The van der Waals surface area contributed by atoms with Gasteiger partial charge in [0.05, 0.1) is 18.5 Å². The monoisotopic (exact) mass is 278 g/mol. The molecular weight excluding hydrogens is 262 g/mol. The second-order valence-corrected chi connectivity index (χ2v) is 4.47. The van der Waals surface area contributed by atoms with Gasteiger partial charge in [-0.05, 0) is 18.2 Å². The minimum absolute atomic E-state index is 0.0518. The van der Waals surface area contributed by atoms with E-state index in [1.165, 1.54) is 6.07 Å². The predicted octanol–water partition coefficient (Wildman–Crippen LogP) is 3.19. The van der Waals surface area contributed by atoms with Crippen LogP contribution in [0.2, 0.25) is 0 Å². The van der Waals surface area contributed by atoms with Crippen LogP contribution in [0.15, 0.2) is 36.4 Å². The van der Waals surface area contributed by atoms with Crippen molar-refractivity contribution < 1.29 is 13.5 Å². The fraction of sp³-hybridized carbons (Fsp3) is 0.200. The van der Waals surface area contributed by atoms with Crippen LogP contribution >= 0.6 is 0 Å². The summed E-state index contributed by atoms with van der Waals surface area (Å²) in [6.45, 7) is 0.356. The molecule has 0 amide bonds. The van der Waals surface area contributed by atoms with Crippen LogP contribution in [0.25, 0.3) is 0 Å². The molecule has 0 radical (unpaired) electrons. The van der Waals surface area contributed by atoms with Gasteiger partial charge in [0, 0.05) is 19.2 Å². The summed E-state index contributed by atoms with van der Waals surface area (Å²) in [4.78, 5) is 1.56. The van der Waals surface area contributed by atoms with Crippen LogP contribution in [0.4, 0.5) is 20.2 Å². The van der Waals surface area contributed by atoms with Gasteiger partial charge in [0.1, 0.15) is 5.75 Å². The first-order valence-electron chi connectivity index (χ1n) is 6.11. The van der Waals surface area contributed by atoms with Gasteiger partial charge in [-0.1, -0.05) is 18.2 Å². The van der Waals surface area contributed by atoms with Gasteiger partial charge < -0.3 is 15.4 Å². The Bertz CT molecular complexity index is 617. The summed E-state index contributed by atoms with van der Waals surface area (Å²) < 4.78 is 32.4. The number of para-hydroxylation sites is 1. The van der Waals surface area contributed by atoms with Crippen molar-refractivity contribution in [3.63, 3.8) is 0 Å². The molecule has 2 N–H and O–H groups in total. The van der Waals surface area contributed by atoms with E-state index in [1.807, 2.05) is 24.3 Å². The van der Waals surface area contributed by atoms with E-state index in [0.717, 1.165) is 11.6 Å². The van der Waals surface area contributed by atoms with Crippen molar-refractivity contribution >= 4 is 11.4 Å². The highest BCUT2D eigenvalue weighted by Gasteiger charge is 2.17. The molecule has 0 aliphatic carbocycles. The average molecular weight is 278 g/mol. The number of benzene rings is 2. The zero-order valence-corrected chi connectivity index (χ0v) is 11.4. The number of hydrogen-bond donors (Lipinski definition) is 1. The highest BCUT2D eigenvalue weighted by Crippen LogP contribution is 2.30. The van der Waals surface area contributed by atoms with E-state index in [2.05, 4.69) is 0 Å². The SMILES string of the molecule is COc1ccccc1CN(C)c1c(N)ccc(F)c1F. The maximum Gasteiger partial charge on any atom is 0.184 e. The van der Waals surface area contributed by atoms with E-state index < -0.39 is 11.6 Å². The average Bonchev–Trinajstić information content (AvgIpc) is 2.44. The van der Waals surface area contributed by atoms with Crippen LogP contribution in [0, 0.1) is 11.6 Å². The number of nitrogens with zero attached hydrogens (tertiary/aromatic N) is 1. The summed E-state index contributed by atoms with van der Waals surface area (Å²) in [5.74, 6) is -1.17. The predicted molar refractivity (Wildman–Crippen MR) is 75.9 cm³/mol. The molecular formula is C15H16F2N2O. The lowest BCUT2D eigenvalue weighted by atomic mass is 10.1. The first kappa shape index (κ1) is 14.1. The lowest BCUT2D eigenvalue weighted by Crippen LogP contribution is -2.20. The van der Waals surface area contributed by atoms with Crippen molar-refractivity contribution in [2.75, 3.05) is 24.8 Å². The van der Waals surface area contributed by atoms with Gasteiger partial charge in [-0.15, -0.1) is 0 Å². The van der Waals surface area contributed by atoms with Gasteiger partial charge in [0.15, 0.2) is 11.6 Å². The van der Waals surface area contributed by atoms with Gasteiger partial charge in [-0.25, -0.2) is 8.78 Å². The molecule has 2 rings (SSSR count). The smallest absolute Gasteiger partial charge is 0.184 e. The molecule has 3 nitrogen and oxygen atoms in total. The Morgan fingerprint density at radius 3 is 2.55 bits per heavy atom. The van der Waals surface area contributed by atoms with E-state index in [4.69, 9.17) is 10.5 Å². The molecule has 2 aromatic rings. The topological polar surface area (TPSA) is 38.5 Å². The lowest BCUT2D eigenvalue weighted by Gasteiger charge is -2.23. The number of nitrogen functional groups attached to an aromatic ring is 1. The normalized spacial score (nSPS) is 10.4. The molecule has 0 atom stereocenters. The first-order chi connectivity index (χ1) is 9.54. The molecule has 106 valence electrons. The molecule has 0 saturated heterocycles. The zero-order chi connectivity index (χ0) is 14.7. The van der Waals surface area contributed by atoms with Crippen molar-refractivity contribution in [1.29, 1.82) is 0 Å². The number of anilines is 2. The summed E-state index contributed by atoms with van der Waals surface area (Å²) in [5.41, 5.74) is 6.84. The Morgan fingerprint density at radius 1 is 1.15 bits per heavy atom. The number of hydrogen-bond acceptors (Lipinski definition) is 3. The highest BCUT2D eigenvalue weighted by atomic mass is 19.2. The van der Waals surface area contributed by atoms with Crippen molar-refractivity contribution in [2.24, 2.45) is 0 Å². The highest BCUT2D eigenvalue weighted by molar-refractivity contribution is 5.68. The summed E-state index contributed by atoms with van der Waals surface area (Å²) >= 11 is 0. The first-order valence-corrected chi connectivity index (χ1v) is 6.11. The summed E-state index contributed by atoms with van der Waals surface area (Å²) in [5, 5.41) is 0. The number of nitrogens with two attached hydrogens (primary N) is 1. The molecule has 0 heterocycles. The van der Waals surface area contributed by atoms with Crippen LogP contribution in [-0.4, -0.2) is 14.2 Å². The minimum atomic E-state index is -0.942. The second kappa shape index (κ2) is 5.77. The van der Waals surface area contributed by atoms with Gasteiger partial charge >= 0.3 is 0 Å². The van der Waals surface area contributed by atoms with Crippen LogP contribution in [-0.2, 0) is 6.54 Å². The van der Waals surface area contributed by atoms with Crippen LogP contribution in [0.1, 0.15) is 5.56 Å². The molecule has 0 spiro atoms. The van der Waals surface area contributed by atoms with Crippen LogP contribution in [0.3, 0.4) is 0 Å². The molecule has 0 bridgehead atoms. The van der Waals surface area contributed by atoms with Gasteiger partial charge in [-0.3, -0.25) is 0 Å².